The van der Waals surface area contributed by atoms with Crippen LogP contribution in [-0.2, 0) is 5.75 Å². The Balaban J connectivity index is 1.82. The SMILES string of the molecule is C[C@@H](N1CN([C@@H]2c3ccccc3SCc3cccc(Cl)c32)n2cc(Cl)c(=O)c(O)c2C1=O)C(F)(F)F. The Hall–Kier alpha value is -2.82. The summed E-state index contributed by atoms with van der Waals surface area (Å²) in [5.41, 5.74) is 0.594. The molecule has 0 saturated carbocycles. The van der Waals surface area contributed by atoms with Gasteiger partial charge in [-0.15, -0.1) is 11.8 Å². The number of benzene rings is 2. The highest BCUT2D eigenvalue weighted by Crippen LogP contribution is 2.45. The van der Waals surface area contributed by atoms with Crippen LogP contribution in [0.4, 0.5) is 13.2 Å². The van der Waals surface area contributed by atoms with Crippen molar-refractivity contribution in [2.45, 2.75) is 35.8 Å². The molecule has 1 N–H and O–H groups in total. The molecule has 0 aliphatic carbocycles. The first-order chi connectivity index (χ1) is 17.0. The van der Waals surface area contributed by atoms with Crippen LogP contribution in [0, 0.1) is 0 Å². The maximum absolute atomic E-state index is 13.8. The molecule has 36 heavy (non-hydrogen) atoms. The number of alkyl halides is 3. The van der Waals surface area contributed by atoms with E-state index in [4.69, 9.17) is 23.2 Å². The van der Waals surface area contributed by atoms with E-state index in [2.05, 4.69) is 0 Å². The van der Waals surface area contributed by atoms with Crippen molar-refractivity contribution in [3.05, 3.63) is 91.3 Å². The number of nitrogens with zero attached hydrogens (tertiary/aromatic N) is 3. The maximum atomic E-state index is 13.8. The summed E-state index contributed by atoms with van der Waals surface area (Å²) >= 11 is 14.3. The van der Waals surface area contributed by atoms with Gasteiger partial charge in [-0.3, -0.25) is 19.3 Å². The number of aromatic nitrogens is 1. The van der Waals surface area contributed by atoms with Gasteiger partial charge in [0, 0.05) is 27.4 Å². The Kier molecular flexibility index (Phi) is 6.17. The van der Waals surface area contributed by atoms with Gasteiger partial charge in [0.2, 0.25) is 5.43 Å². The summed E-state index contributed by atoms with van der Waals surface area (Å²) in [5, 5.41) is 12.1. The first-order valence-electron chi connectivity index (χ1n) is 10.8. The van der Waals surface area contributed by atoms with Crippen LogP contribution in [0.1, 0.15) is 40.1 Å². The lowest BCUT2D eigenvalue weighted by atomic mass is 9.94. The molecule has 2 aliphatic rings. The topological polar surface area (TPSA) is 65.8 Å². The van der Waals surface area contributed by atoms with E-state index in [1.165, 1.54) is 9.69 Å². The highest BCUT2D eigenvalue weighted by atomic mass is 35.5. The van der Waals surface area contributed by atoms with Gasteiger partial charge in [-0.25, -0.2) is 0 Å². The quantitative estimate of drug-likeness (QED) is 0.448. The number of carbonyl (C=O) groups excluding carboxylic acids is 1. The second-order valence-electron chi connectivity index (χ2n) is 8.46. The van der Waals surface area contributed by atoms with Gasteiger partial charge < -0.3 is 10.0 Å². The molecule has 1 aromatic heterocycles. The Morgan fingerprint density at radius 3 is 2.53 bits per heavy atom. The van der Waals surface area contributed by atoms with Crippen LogP contribution in [0.5, 0.6) is 5.75 Å². The minimum Gasteiger partial charge on any atom is -0.502 e. The zero-order valence-corrected chi connectivity index (χ0v) is 20.9. The predicted molar refractivity (Wildman–Crippen MR) is 131 cm³/mol. The van der Waals surface area contributed by atoms with E-state index in [9.17, 15) is 27.9 Å². The third-order valence-corrected chi connectivity index (χ3v) is 8.15. The van der Waals surface area contributed by atoms with Crippen LogP contribution in [-0.4, -0.2) is 39.5 Å². The van der Waals surface area contributed by atoms with E-state index >= 15 is 0 Å². The number of pyridine rings is 1. The monoisotopic (exact) mass is 555 g/mol. The molecule has 0 bridgehead atoms. The van der Waals surface area contributed by atoms with Crippen LogP contribution in [0.25, 0.3) is 0 Å². The first-order valence-corrected chi connectivity index (χ1v) is 12.5. The lowest BCUT2D eigenvalue weighted by molar-refractivity contribution is -0.173. The summed E-state index contributed by atoms with van der Waals surface area (Å²) < 4.78 is 42.6. The van der Waals surface area contributed by atoms with Crippen LogP contribution in [0.15, 0.2) is 58.4 Å². The van der Waals surface area contributed by atoms with Gasteiger partial charge in [-0.1, -0.05) is 53.5 Å². The zero-order chi connectivity index (χ0) is 25.9. The number of amides is 1. The lowest BCUT2D eigenvalue weighted by Crippen LogP contribution is -2.60. The van der Waals surface area contributed by atoms with E-state index in [-0.39, 0.29) is 5.02 Å². The molecule has 3 aromatic rings. The van der Waals surface area contributed by atoms with Gasteiger partial charge >= 0.3 is 6.18 Å². The molecule has 1 amide bonds. The van der Waals surface area contributed by atoms with Gasteiger partial charge in [-0.2, -0.15) is 13.2 Å². The van der Waals surface area contributed by atoms with Crippen molar-refractivity contribution < 1.29 is 23.1 Å². The molecule has 0 spiro atoms. The minimum atomic E-state index is -4.75. The number of hydrogen-bond acceptors (Lipinski definition) is 5. The van der Waals surface area contributed by atoms with E-state index in [1.807, 2.05) is 24.3 Å². The fraction of sp³-hybridized carbons (Fsp3) is 0.250. The largest absolute Gasteiger partial charge is 0.502 e. The molecule has 2 aromatic carbocycles. The van der Waals surface area contributed by atoms with E-state index in [1.54, 1.807) is 30.0 Å². The van der Waals surface area contributed by atoms with Crippen molar-refractivity contribution in [3.8, 4) is 5.75 Å². The van der Waals surface area contributed by atoms with Gasteiger partial charge in [-0.05, 0) is 30.2 Å². The Morgan fingerprint density at radius 2 is 1.81 bits per heavy atom. The van der Waals surface area contributed by atoms with Crippen molar-refractivity contribution in [2.24, 2.45) is 0 Å². The van der Waals surface area contributed by atoms with Crippen molar-refractivity contribution in [3.63, 3.8) is 0 Å². The second kappa shape index (κ2) is 8.93. The molecule has 5 rings (SSSR count). The third-order valence-electron chi connectivity index (χ3n) is 6.41. The van der Waals surface area contributed by atoms with Gasteiger partial charge in [0.05, 0.1) is 0 Å². The highest BCUT2D eigenvalue weighted by Gasteiger charge is 2.48. The third kappa shape index (κ3) is 3.91. The van der Waals surface area contributed by atoms with E-state index in [0.717, 1.165) is 29.1 Å². The number of fused-ring (bicyclic) bond motifs is 3. The van der Waals surface area contributed by atoms with Crippen LogP contribution in [0.3, 0.4) is 0 Å². The number of thioether (sulfide) groups is 1. The van der Waals surface area contributed by atoms with Crippen molar-refractivity contribution >= 4 is 40.9 Å². The van der Waals surface area contributed by atoms with Crippen LogP contribution in [0.2, 0.25) is 10.0 Å². The fourth-order valence-corrected chi connectivity index (χ4v) is 6.10. The molecule has 6 nitrogen and oxygen atoms in total. The van der Waals surface area contributed by atoms with Gasteiger partial charge in [0.15, 0.2) is 11.4 Å². The summed E-state index contributed by atoms with van der Waals surface area (Å²) in [7, 11) is 0. The molecular formula is C24H18Cl2F3N3O3S. The Labute approximate surface area is 217 Å². The molecular weight excluding hydrogens is 538 g/mol. The maximum Gasteiger partial charge on any atom is 0.408 e. The van der Waals surface area contributed by atoms with Crippen molar-refractivity contribution in [1.82, 2.24) is 9.58 Å². The minimum absolute atomic E-state index is 0.387. The van der Waals surface area contributed by atoms with E-state index in [0.29, 0.717) is 21.2 Å². The number of hydrogen-bond donors (Lipinski definition) is 1. The number of halogens is 5. The second-order valence-corrected chi connectivity index (χ2v) is 10.3. The summed E-state index contributed by atoms with van der Waals surface area (Å²) in [4.78, 5) is 27.1. The van der Waals surface area contributed by atoms with Gasteiger partial charge in [0.1, 0.15) is 23.8 Å². The fourth-order valence-electron chi connectivity index (χ4n) is 4.54. The zero-order valence-electron chi connectivity index (χ0n) is 18.6. The Bertz CT molecular complexity index is 1450. The molecule has 2 atom stereocenters. The van der Waals surface area contributed by atoms with Crippen LogP contribution >= 0.6 is 35.0 Å². The molecule has 0 radical (unpaired) electrons. The summed E-state index contributed by atoms with van der Waals surface area (Å²) in [5.74, 6) is -1.60. The van der Waals surface area contributed by atoms with Crippen molar-refractivity contribution in [2.75, 3.05) is 11.7 Å². The summed E-state index contributed by atoms with van der Waals surface area (Å²) in [6.07, 6.45) is -3.61. The number of aromatic hydroxyl groups is 1. The van der Waals surface area contributed by atoms with E-state index < -0.39 is 47.7 Å². The number of rotatable bonds is 2. The van der Waals surface area contributed by atoms with Crippen molar-refractivity contribution in [1.29, 1.82) is 0 Å². The molecule has 0 saturated heterocycles. The molecule has 0 unspecified atom stereocenters. The molecule has 0 fully saturated rings. The molecule has 2 aliphatic heterocycles. The Morgan fingerprint density at radius 1 is 1.08 bits per heavy atom. The van der Waals surface area contributed by atoms with Gasteiger partial charge in [0.25, 0.3) is 5.91 Å². The molecule has 188 valence electrons. The molecule has 12 heteroatoms. The highest BCUT2D eigenvalue weighted by molar-refractivity contribution is 7.98. The predicted octanol–water partition coefficient (Wildman–Crippen LogP) is 5.56. The standard InChI is InChI=1S/C24H18Cl2F3N3O3S/c1-12(24(27,28)29)30-11-32(31-9-16(26)21(33)22(34)20(31)23(30)35)19-14-6-2-3-8-17(14)36-10-13-5-4-7-15(25)18(13)19/h2-9,12,19,34H,10-11H2,1H3/t12-,19-/m1/s1. The molecule has 3 heterocycles. The first kappa shape index (κ1) is 24.9. The normalized spacial score (nSPS) is 18.3. The number of carbonyl (C=O) groups is 1. The smallest absolute Gasteiger partial charge is 0.408 e. The lowest BCUT2D eigenvalue weighted by Gasteiger charge is -2.46. The average molecular weight is 556 g/mol. The summed E-state index contributed by atoms with van der Waals surface area (Å²) in [6, 6.07) is 9.78. The average Bonchev–Trinajstić information content (AvgIpc) is 3.00. The summed E-state index contributed by atoms with van der Waals surface area (Å²) in [6.45, 7) is 0.341. The van der Waals surface area contributed by atoms with Crippen LogP contribution < -0.4 is 10.4 Å².